The van der Waals surface area contributed by atoms with Crippen LogP contribution in [0.2, 0.25) is 0 Å². The van der Waals surface area contributed by atoms with Crippen molar-refractivity contribution in [2.45, 2.75) is 25.8 Å². The molecule has 114 valence electrons. The van der Waals surface area contributed by atoms with E-state index in [2.05, 4.69) is 5.32 Å². The fraction of sp³-hybridized carbons (Fsp3) is 0.500. The van der Waals surface area contributed by atoms with Crippen LogP contribution in [0.15, 0.2) is 24.3 Å². The Morgan fingerprint density at radius 3 is 2.38 bits per heavy atom. The van der Waals surface area contributed by atoms with E-state index in [1.165, 1.54) is 7.11 Å². The van der Waals surface area contributed by atoms with Gasteiger partial charge >= 0.3 is 5.97 Å². The average Bonchev–Trinajstić information content (AvgIpc) is 3.23. The molecule has 1 saturated carbocycles. The highest BCUT2D eigenvalue weighted by molar-refractivity contribution is 5.82. The van der Waals surface area contributed by atoms with Crippen molar-refractivity contribution in [3.63, 3.8) is 0 Å². The van der Waals surface area contributed by atoms with Crippen molar-refractivity contribution in [2.24, 2.45) is 11.8 Å². The second-order valence-electron chi connectivity index (χ2n) is 5.43. The average molecular weight is 291 g/mol. The van der Waals surface area contributed by atoms with Crippen molar-refractivity contribution in [3.05, 3.63) is 29.8 Å². The van der Waals surface area contributed by atoms with Crippen LogP contribution in [-0.4, -0.2) is 26.1 Å². The van der Waals surface area contributed by atoms with Gasteiger partial charge in [0.1, 0.15) is 5.75 Å². The molecule has 0 spiro atoms. The van der Waals surface area contributed by atoms with E-state index in [9.17, 15) is 9.59 Å². The quantitative estimate of drug-likeness (QED) is 0.815. The standard InChI is InChI=1S/C16H21NO4/c1-10-8-13(10)16(19)17-14(9-15(18)21-3)11-4-6-12(20-2)7-5-11/h4-7,10,13-14H,8-9H2,1-3H3,(H,17,19). The summed E-state index contributed by atoms with van der Waals surface area (Å²) in [5.41, 5.74) is 0.864. The molecule has 0 aromatic heterocycles. The first-order chi connectivity index (χ1) is 10.0. The van der Waals surface area contributed by atoms with Gasteiger partial charge in [-0.3, -0.25) is 9.59 Å². The highest BCUT2D eigenvalue weighted by Crippen LogP contribution is 2.38. The maximum atomic E-state index is 12.1. The van der Waals surface area contributed by atoms with Gasteiger partial charge in [0.2, 0.25) is 5.91 Å². The Bertz CT molecular complexity index is 512. The largest absolute Gasteiger partial charge is 0.497 e. The minimum absolute atomic E-state index is 0.00669. The first kappa shape index (κ1) is 15.4. The summed E-state index contributed by atoms with van der Waals surface area (Å²) in [5, 5.41) is 2.95. The van der Waals surface area contributed by atoms with Gasteiger partial charge in [-0.1, -0.05) is 19.1 Å². The van der Waals surface area contributed by atoms with Crippen molar-refractivity contribution < 1.29 is 19.1 Å². The van der Waals surface area contributed by atoms with E-state index in [-0.39, 0.29) is 30.3 Å². The zero-order chi connectivity index (χ0) is 15.4. The second kappa shape index (κ2) is 6.61. The predicted molar refractivity (Wildman–Crippen MR) is 77.8 cm³/mol. The Morgan fingerprint density at radius 2 is 1.90 bits per heavy atom. The Balaban J connectivity index is 2.09. The SMILES string of the molecule is COC(=O)CC(NC(=O)C1CC1C)c1ccc(OC)cc1. The van der Waals surface area contributed by atoms with Crippen molar-refractivity contribution in [3.8, 4) is 5.75 Å². The molecule has 1 N–H and O–H groups in total. The summed E-state index contributed by atoms with van der Waals surface area (Å²) in [5.74, 6) is 0.896. The molecule has 1 amide bonds. The molecule has 0 saturated heterocycles. The molecule has 1 aromatic carbocycles. The second-order valence-corrected chi connectivity index (χ2v) is 5.43. The van der Waals surface area contributed by atoms with Crippen molar-refractivity contribution in [1.29, 1.82) is 0 Å². The predicted octanol–water partition coefficient (Wildman–Crippen LogP) is 2.07. The minimum Gasteiger partial charge on any atom is -0.497 e. The van der Waals surface area contributed by atoms with Gasteiger partial charge in [-0.25, -0.2) is 0 Å². The summed E-state index contributed by atoms with van der Waals surface area (Å²) in [4.78, 5) is 23.7. The third-order valence-electron chi connectivity index (χ3n) is 3.88. The summed E-state index contributed by atoms with van der Waals surface area (Å²) in [6, 6.07) is 6.95. The molecule has 0 heterocycles. The number of ether oxygens (including phenoxy) is 2. The van der Waals surface area contributed by atoms with Crippen LogP contribution in [0.4, 0.5) is 0 Å². The number of amides is 1. The molecule has 5 heteroatoms. The van der Waals surface area contributed by atoms with Crippen molar-refractivity contribution >= 4 is 11.9 Å². The molecule has 0 aliphatic heterocycles. The lowest BCUT2D eigenvalue weighted by Crippen LogP contribution is -2.31. The van der Waals surface area contributed by atoms with E-state index in [1.54, 1.807) is 7.11 Å². The number of benzene rings is 1. The van der Waals surface area contributed by atoms with Gasteiger partial charge in [-0.05, 0) is 30.0 Å². The summed E-state index contributed by atoms with van der Waals surface area (Å²) in [7, 11) is 2.94. The van der Waals surface area contributed by atoms with Crippen LogP contribution in [0.1, 0.15) is 31.4 Å². The van der Waals surface area contributed by atoms with Crippen molar-refractivity contribution in [1.82, 2.24) is 5.32 Å². The molecule has 0 radical (unpaired) electrons. The van der Waals surface area contributed by atoms with Crippen molar-refractivity contribution in [2.75, 3.05) is 14.2 Å². The summed E-state index contributed by atoms with van der Waals surface area (Å²) in [6.07, 6.45) is 1.04. The monoisotopic (exact) mass is 291 g/mol. The maximum absolute atomic E-state index is 12.1. The normalized spacial score (nSPS) is 21.3. The molecule has 21 heavy (non-hydrogen) atoms. The van der Waals surface area contributed by atoms with E-state index in [4.69, 9.17) is 9.47 Å². The first-order valence-electron chi connectivity index (χ1n) is 7.06. The minimum atomic E-state index is -0.372. The molecule has 1 fully saturated rings. The van der Waals surface area contributed by atoms with Crippen LogP contribution in [0, 0.1) is 11.8 Å². The van der Waals surface area contributed by atoms with E-state index < -0.39 is 0 Å². The van der Waals surface area contributed by atoms with Crippen LogP contribution >= 0.6 is 0 Å². The number of methoxy groups -OCH3 is 2. The number of carbonyl (C=O) groups is 2. The molecule has 1 aromatic rings. The third-order valence-corrected chi connectivity index (χ3v) is 3.88. The lowest BCUT2D eigenvalue weighted by molar-refractivity contribution is -0.141. The zero-order valence-electron chi connectivity index (χ0n) is 12.6. The number of nitrogens with one attached hydrogen (secondary N) is 1. The Labute approximate surface area is 124 Å². The number of carbonyl (C=O) groups excluding carboxylic acids is 2. The van der Waals surface area contributed by atoms with E-state index in [0.717, 1.165) is 17.7 Å². The third kappa shape index (κ3) is 3.97. The fourth-order valence-electron chi connectivity index (χ4n) is 2.30. The summed E-state index contributed by atoms with van der Waals surface area (Å²) < 4.78 is 9.83. The van der Waals surface area contributed by atoms with Crippen LogP contribution < -0.4 is 10.1 Å². The molecule has 3 atom stereocenters. The highest BCUT2D eigenvalue weighted by Gasteiger charge is 2.40. The van der Waals surface area contributed by atoms with E-state index in [0.29, 0.717) is 5.92 Å². The molecule has 1 aliphatic rings. The topological polar surface area (TPSA) is 64.6 Å². The van der Waals surface area contributed by atoms with E-state index in [1.807, 2.05) is 31.2 Å². The van der Waals surface area contributed by atoms with Gasteiger partial charge in [0.25, 0.3) is 0 Å². The van der Waals surface area contributed by atoms with Gasteiger partial charge in [0.15, 0.2) is 0 Å². The summed E-state index contributed by atoms with van der Waals surface area (Å²) >= 11 is 0. The number of esters is 1. The smallest absolute Gasteiger partial charge is 0.307 e. The molecule has 5 nitrogen and oxygen atoms in total. The molecule has 1 aliphatic carbocycles. The zero-order valence-corrected chi connectivity index (χ0v) is 12.6. The molecular weight excluding hydrogens is 270 g/mol. The van der Waals surface area contributed by atoms with Gasteiger partial charge in [-0.2, -0.15) is 0 Å². The maximum Gasteiger partial charge on any atom is 0.307 e. The van der Waals surface area contributed by atoms with Crippen LogP contribution in [0.3, 0.4) is 0 Å². The van der Waals surface area contributed by atoms with Crippen LogP contribution in [0.25, 0.3) is 0 Å². The molecular formula is C16H21NO4. The summed E-state index contributed by atoms with van der Waals surface area (Å²) in [6.45, 7) is 2.05. The first-order valence-corrected chi connectivity index (χ1v) is 7.06. The molecule has 2 rings (SSSR count). The van der Waals surface area contributed by atoms with E-state index >= 15 is 0 Å². The van der Waals surface area contributed by atoms with Gasteiger partial charge in [0.05, 0.1) is 26.7 Å². The Morgan fingerprint density at radius 1 is 1.29 bits per heavy atom. The molecule has 3 unspecified atom stereocenters. The van der Waals surface area contributed by atoms with Crippen LogP contribution in [0.5, 0.6) is 5.75 Å². The van der Waals surface area contributed by atoms with Gasteiger partial charge in [-0.15, -0.1) is 0 Å². The number of rotatable bonds is 6. The van der Waals surface area contributed by atoms with Gasteiger partial charge in [0, 0.05) is 5.92 Å². The Kier molecular flexibility index (Phi) is 4.83. The number of hydrogen-bond acceptors (Lipinski definition) is 4. The lowest BCUT2D eigenvalue weighted by Gasteiger charge is -2.18. The van der Waals surface area contributed by atoms with Crippen LogP contribution in [-0.2, 0) is 14.3 Å². The fourth-order valence-corrected chi connectivity index (χ4v) is 2.30. The lowest BCUT2D eigenvalue weighted by atomic mass is 10.0. The van der Waals surface area contributed by atoms with Gasteiger partial charge < -0.3 is 14.8 Å². The Hall–Kier alpha value is -2.04. The number of hydrogen-bond donors (Lipinski definition) is 1. The molecule has 0 bridgehead atoms. The highest BCUT2D eigenvalue weighted by atomic mass is 16.5.